The minimum atomic E-state index is -0.560. The summed E-state index contributed by atoms with van der Waals surface area (Å²) in [5, 5.41) is 23.6. The van der Waals surface area contributed by atoms with Crippen molar-refractivity contribution < 1.29 is 10.2 Å². The zero-order valence-corrected chi connectivity index (χ0v) is 5.83. The Morgan fingerprint density at radius 3 is 1.89 bits per heavy atom. The minimum Gasteiger partial charge on any atom is -0.394 e. The zero-order chi connectivity index (χ0) is 7.70. The van der Waals surface area contributed by atoms with Gasteiger partial charge in [0.05, 0.1) is 18.8 Å². The lowest BCUT2D eigenvalue weighted by atomic mass is 10.5. The molecule has 0 aromatic heterocycles. The number of hydrogen-bond acceptors (Lipinski definition) is 3. The Morgan fingerprint density at radius 2 is 1.89 bits per heavy atom. The van der Waals surface area contributed by atoms with Crippen LogP contribution in [0.15, 0.2) is 0 Å². The van der Waals surface area contributed by atoms with Crippen molar-refractivity contribution in [3.63, 3.8) is 0 Å². The average Bonchev–Trinajstić information content (AvgIpc) is 1.89. The quantitative estimate of drug-likeness (QED) is 0.537. The second-order valence-electron chi connectivity index (χ2n) is 1.54. The van der Waals surface area contributed by atoms with Crippen LogP contribution in [-0.2, 0) is 0 Å². The minimum absolute atomic E-state index is 0.139. The molecule has 0 rings (SSSR count). The van der Waals surface area contributed by atoms with E-state index in [1.165, 1.54) is 6.92 Å². The Bertz CT molecular complexity index is 75.6. The molecule has 1 atom stereocenters. The summed E-state index contributed by atoms with van der Waals surface area (Å²) in [5.41, 5.74) is 0. The SMILES string of the molecule is CC(O)CO.CCC#N. The third-order valence-corrected chi connectivity index (χ3v) is 0.422. The predicted molar refractivity (Wildman–Crippen MR) is 34.7 cm³/mol. The van der Waals surface area contributed by atoms with Gasteiger partial charge in [-0.15, -0.1) is 0 Å². The van der Waals surface area contributed by atoms with E-state index in [-0.39, 0.29) is 6.61 Å². The van der Waals surface area contributed by atoms with Gasteiger partial charge in [-0.1, -0.05) is 6.92 Å². The van der Waals surface area contributed by atoms with Gasteiger partial charge in [-0.05, 0) is 6.92 Å². The van der Waals surface area contributed by atoms with Crippen LogP contribution >= 0.6 is 0 Å². The molecule has 3 nitrogen and oxygen atoms in total. The number of nitrogens with zero attached hydrogens (tertiary/aromatic N) is 1. The first kappa shape index (κ1) is 11.2. The molecular formula is C6H13NO2. The highest BCUT2D eigenvalue weighted by Gasteiger charge is 1.83. The maximum Gasteiger partial charge on any atom is 0.0742 e. The molecular weight excluding hydrogens is 118 g/mol. The molecule has 0 radical (unpaired) electrons. The molecule has 0 spiro atoms. The van der Waals surface area contributed by atoms with Gasteiger partial charge in [0.25, 0.3) is 0 Å². The first-order valence-electron chi connectivity index (χ1n) is 2.84. The molecule has 0 saturated heterocycles. The Balaban J connectivity index is 0. The van der Waals surface area contributed by atoms with Crippen molar-refractivity contribution in [1.29, 1.82) is 5.26 Å². The number of hydrogen-bond donors (Lipinski definition) is 2. The maximum absolute atomic E-state index is 8.11. The summed E-state index contributed by atoms with van der Waals surface area (Å²) in [4.78, 5) is 0. The van der Waals surface area contributed by atoms with E-state index in [0.29, 0.717) is 6.42 Å². The second-order valence-corrected chi connectivity index (χ2v) is 1.54. The van der Waals surface area contributed by atoms with Crippen LogP contribution in [0.3, 0.4) is 0 Å². The van der Waals surface area contributed by atoms with Gasteiger partial charge in [0, 0.05) is 6.42 Å². The molecule has 1 unspecified atom stereocenters. The van der Waals surface area contributed by atoms with E-state index in [9.17, 15) is 0 Å². The van der Waals surface area contributed by atoms with Crippen LogP contribution in [0.2, 0.25) is 0 Å². The summed E-state index contributed by atoms with van der Waals surface area (Å²) < 4.78 is 0. The number of aliphatic hydroxyl groups excluding tert-OH is 2. The molecule has 54 valence electrons. The fraction of sp³-hybridized carbons (Fsp3) is 0.833. The third-order valence-electron chi connectivity index (χ3n) is 0.422. The first-order valence-corrected chi connectivity index (χ1v) is 2.84. The van der Waals surface area contributed by atoms with Gasteiger partial charge in [-0.3, -0.25) is 0 Å². The van der Waals surface area contributed by atoms with Crippen molar-refractivity contribution >= 4 is 0 Å². The van der Waals surface area contributed by atoms with E-state index >= 15 is 0 Å². The summed E-state index contributed by atoms with van der Waals surface area (Å²) >= 11 is 0. The summed E-state index contributed by atoms with van der Waals surface area (Å²) in [6.45, 7) is 3.21. The van der Waals surface area contributed by atoms with Gasteiger partial charge in [0.15, 0.2) is 0 Å². The number of rotatable bonds is 1. The molecule has 0 amide bonds. The largest absolute Gasteiger partial charge is 0.394 e. The lowest BCUT2D eigenvalue weighted by Crippen LogP contribution is -2.03. The Kier molecular flexibility index (Phi) is 13.0. The van der Waals surface area contributed by atoms with Crippen LogP contribution in [0.5, 0.6) is 0 Å². The number of nitriles is 1. The summed E-state index contributed by atoms with van der Waals surface area (Å²) in [6.07, 6.45) is 0.0648. The Morgan fingerprint density at radius 1 is 1.67 bits per heavy atom. The van der Waals surface area contributed by atoms with E-state index in [4.69, 9.17) is 15.5 Å². The van der Waals surface area contributed by atoms with E-state index in [1.54, 1.807) is 0 Å². The molecule has 0 aliphatic heterocycles. The summed E-state index contributed by atoms with van der Waals surface area (Å²) in [6, 6.07) is 1.93. The Hall–Kier alpha value is -0.590. The summed E-state index contributed by atoms with van der Waals surface area (Å²) in [7, 11) is 0. The number of aliphatic hydroxyl groups is 2. The normalized spacial score (nSPS) is 10.6. The molecule has 0 aromatic carbocycles. The fourth-order valence-electron chi connectivity index (χ4n) is 0. The van der Waals surface area contributed by atoms with Crippen LogP contribution in [0.25, 0.3) is 0 Å². The average molecular weight is 131 g/mol. The summed E-state index contributed by atoms with van der Waals surface area (Å²) in [5.74, 6) is 0. The smallest absolute Gasteiger partial charge is 0.0742 e. The van der Waals surface area contributed by atoms with Gasteiger partial charge in [0.2, 0.25) is 0 Å². The van der Waals surface area contributed by atoms with Gasteiger partial charge >= 0.3 is 0 Å². The molecule has 3 heteroatoms. The molecule has 0 fully saturated rings. The second kappa shape index (κ2) is 10.4. The molecule has 0 aliphatic rings. The molecule has 0 saturated carbocycles. The highest BCUT2D eigenvalue weighted by molar-refractivity contribution is 4.61. The van der Waals surface area contributed by atoms with E-state index in [0.717, 1.165) is 0 Å². The van der Waals surface area contributed by atoms with Crippen molar-refractivity contribution in [1.82, 2.24) is 0 Å². The van der Waals surface area contributed by atoms with Crippen LogP contribution < -0.4 is 0 Å². The third kappa shape index (κ3) is 37.3. The lowest BCUT2D eigenvalue weighted by molar-refractivity contribution is 0.110. The van der Waals surface area contributed by atoms with E-state index < -0.39 is 6.10 Å². The predicted octanol–water partition coefficient (Wildman–Crippen LogP) is 0.279. The first-order chi connectivity index (χ1) is 4.18. The standard InChI is InChI=1S/C3H5N.C3H8O2/c1-2-3-4;1-3(5)2-4/h2H2,1H3;3-5H,2H2,1H3. The van der Waals surface area contributed by atoms with Gasteiger partial charge in [-0.2, -0.15) is 5.26 Å². The van der Waals surface area contributed by atoms with Crippen molar-refractivity contribution in [3.05, 3.63) is 0 Å². The van der Waals surface area contributed by atoms with E-state index in [1.807, 2.05) is 13.0 Å². The van der Waals surface area contributed by atoms with Crippen molar-refractivity contribution in [2.75, 3.05) is 6.61 Å². The van der Waals surface area contributed by atoms with Gasteiger partial charge < -0.3 is 10.2 Å². The highest BCUT2D eigenvalue weighted by atomic mass is 16.3. The molecule has 0 heterocycles. The molecule has 0 aromatic rings. The van der Waals surface area contributed by atoms with Crippen molar-refractivity contribution in [2.24, 2.45) is 0 Å². The van der Waals surface area contributed by atoms with E-state index in [2.05, 4.69) is 0 Å². The van der Waals surface area contributed by atoms with Crippen LogP contribution in [-0.4, -0.2) is 22.9 Å². The fourth-order valence-corrected chi connectivity index (χ4v) is 0. The van der Waals surface area contributed by atoms with Crippen LogP contribution in [0, 0.1) is 11.3 Å². The molecule has 2 N–H and O–H groups in total. The lowest BCUT2D eigenvalue weighted by Gasteiger charge is -1.90. The van der Waals surface area contributed by atoms with Gasteiger partial charge in [0.1, 0.15) is 0 Å². The zero-order valence-electron chi connectivity index (χ0n) is 5.83. The van der Waals surface area contributed by atoms with Gasteiger partial charge in [-0.25, -0.2) is 0 Å². The topological polar surface area (TPSA) is 64.2 Å². The van der Waals surface area contributed by atoms with Crippen LogP contribution in [0.4, 0.5) is 0 Å². The highest BCUT2D eigenvalue weighted by Crippen LogP contribution is 1.68. The Labute approximate surface area is 55.6 Å². The van der Waals surface area contributed by atoms with Crippen LogP contribution in [0.1, 0.15) is 20.3 Å². The monoisotopic (exact) mass is 131 g/mol. The molecule has 0 aliphatic carbocycles. The maximum atomic E-state index is 8.11. The molecule has 9 heavy (non-hydrogen) atoms. The van der Waals surface area contributed by atoms with Crippen molar-refractivity contribution in [2.45, 2.75) is 26.4 Å². The van der Waals surface area contributed by atoms with Crippen molar-refractivity contribution in [3.8, 4) is 6.07 Å². The molecule has 0 bridgehead atoms.